The Kier molecular flexibility index (Phi) is 6.04. The SMILES string of the molecule is CC(C)CCC[C@@H](C)[C@H]1CC[C@H]2C3=CC[C@H]4C(C)[C@@H](O)CC[C@]4(C)[C@H]3CC[C@]12C. The molecule has 0 amide bonds. The summed E-state index contributed by atoms with van der Waals surface area (Å²) in [7, 11) is 0. The van der Waals surface area contributed by atoms with Crippen molar-refractivity contribution in [3.8, 4) is 0 Å². The van der Waals surface area contributed by atoms with Crippen molar-refractivity contribution >= 4 is 0 Å². The largest absolute Gasteiger partial charge is 0.393 e. The van der Waals surface area contributed by atoms with Crippen molar-refractivity contribution in [2.75, 3.05) is 0 Å². The Morgan fingerprint density at radius 3 is 2.38 bits per heavy atom. The molecule has 0 saturated heterocycles. The minimum Gasteiger partial charge on any atom is -0.393 e. The van der Waals surface area contributed by atoms with Gasteiger partial charge in [0.05, 0.1) is 6.10 Å². The summed E-state index contributed by atoms with van der Waals surface area (Å²) in [5.41, 5.74) is 2.85. The van der Waals surface area contributed by atoms with Gasteiger partial charge < -0.3 is 5.11 Å². The Morgan fingerprint density at radius 2 is 1.66 bits per heavy atom. The molecule has 0 heterocycles. The van der Waals surface area contributed by atoms with Crippen LogP contribution in [0, 0.1) is 52.3 Å². The highest BCUT2D eigenvalue weighted by Gasteiger charge is 2.59. The molecular formula is C28H48O. The first-order valence-corrected chi connectivity index (χ1v) is 13.1. The van der Waals surface area contributed by atoms with E-state index in [2.05, 4.69) is 47.6 Å². The lowest BCUT2D eigenvalue weighted by Crippen LogP contribution is -2.52. The number of aliphatic hydroxyl groups excluding tert-OH is 1. The lowest BCUT2D eigenvalue weighted by atomic mass is 9.46. The highest BCUT2D eigenvalue weighted by molar-refractivity contribution is 5.28. The van der Waals surface area contributed by atoms with Crippen molar-refractivity contribution in [3.05, 3.63) is 11.6 Å². The molecule has 3 fully saturated rings. The fourth-order valence-corrected chi connectivity index (χ4v) is 8.97. The van der Waals surface area contributed by atoms with Crippen LogP contribution < -0.4 is 0 Å². The normalized spacial score (nSPS) is 47.9. The Labute approximate surface area is 181 Å². The molecule has 0 radical (unpaired) electrons. The summed E-state index contributed by atoms with van der Waals surface area (Å²) in [6, 6.07) is 0. The first kappa shape index (κ1) is 21.9. The van der Waals surface area contributed by atoms with Gasteiger partial charge in [0.2, 0.25) is 0 Å². The lowest BCUT2D eigenvalue weighted by Gasteiger charge is -2.59. The van der Waals surface area contributed by atoms with Gasteiger partial charge in [0.25, 0.3) is 0 Å². The molecule has 0 aromatic rings. The minimum absolute atomic E-state index is 0.0700. The molecule has 4 rings (SSSR count). The minimum atomic E-state index is -0.0700. The van der Waals surface area contributed by atoms with E-state index < -0.39 is 0 Å². The molecular weight excluding hydrogens is 352 g/mol. The molecule has 1 unspecified atom stereocenters. The Balaban J connectivity index is 1.52. The molecule has 1 N–H and O–H groups in total. The van der Waals surface area contributed by atoms with Crippen LogP contribution in [-0.4, -0.2) is 11.2 Å². The zero-order valence-corrected chi connectivity index (χ0v) is 20.2. The molecule has 0 spiro atoms. The number of hydrogen-bond donors (Lipinski definition) is 1. The third kappa shape index (κ3) is 3.56. The summed E-state index contributed by atoms with van der Waals surface area (Å²) in [6.07, 6.45) is 16.1. The molecule has 4 aliphatic carbocycles. The summed E-state index contributed by atoms with van der Waals surface area (Å²) in [5.74, 6) is 5.47. The molecule has 1 nitrogen and oxygen atoms in total. The van der Waals surface area contributed by atoms with Gasteiger partial charge >= 0.3 is 0 Å². The second-order valence-electron chi connectivity index (χ2n) is 12.7. The van der Waals surface area contributed by atoms with Crippen LogP contribution in [0.25, 0.3) is 0 Å². The Hall–Kier alpha value is -0.300. The summed E-state index contributed by atoms with van der Waals surface area (Å²) in [6.45, 7) is 14.9. The lowest BCUT2D eigenvalue weighted by molar-refractivity contribution is -0.0773. The maximum Gasteiger partial charge on any atom is 0.0568 e. The van der Waals surface area contributed by atoms with E-state index in [0.717, 1.165) is 36.0 Å². The molecule has 0 aromatic carbocycles. The van der Waals surface area contributed by atoms with Gasteiger partial charge in [-0.15, -0.1) is 0 Å². The fourth-order valence-electron chi connectivity index (χ4n) is 8.97. The van der Waals surface area contributed by atoms with Crippen LogP contribution in [0.2, 0.25) is 0 Å². The molecule has 4 aliphatic rings. The third-order valence-electron chi connectivity index (χ3n) is 10.8. The maximum absolute atomic E-state index is 10.5. The molecule has 29 heavy (non-hydrogen) atoms. The zero-order chi connectivity index (χ0) is 21.0. The van der Waals surface area contributed by atoms with E-state index >= 15 is 0 Å². The highest BCUT2D eigenvalue weighted by Crippen LogP contribution is 2.67. The van der Waals surface area contributed by atoms with Gasteiger partial charge in [0, 0.05) is 0 Å². The fraction of sp³-hybridized carbons (Fsp3) is 0.929. The smallest absolute Gasteiger partial charge is 0.0568 e. The maximum atomic E-state index is 10.5. The van der Waals surface area contributed by atoms with Crippen molar-refractivity contribution in [1.29, 1.82) is 0 Å². The first-order chi connectivity index (χ1) is 13.7. The zero-order valence-electron chi connectivity index (χ0n) is 20.2. The van der Waals surface area contributed by atoms with E-state index in [1.165, 1.54) is 57.8 Å². The first-order valence-electron chi connectivity index (χ1n) is 13.1. The average Bonchev–Trinajstić information content (AvgIpc) is 3.02. The summed E-state index contributed by atoms with van der Waals surface area (Å²) in [4.78, 5) is 0. The summed E-state index contributed by atoms with van der Waals surface area (Å²) in [5, 5.41) is 10.5. The number of allylic oxidation sites excluding steroid dienone is 2. The van der Waals surface area contributed by atoms with E-state index in [9.17, 15) is 5.11 Å². The molecule has 0 aliphatic heterocycles. The van der Waals surface area contributed by atoms with Crippen molar-refractivity contribution in [3.63, 3.8) is 0 Å². The molecule has 3 saturated carbocycles. The van der Waals surface area contributed by atoms with Crippen LogP contribution in [-0.2, 0) is 0 Å². The van der Waals surface area contributed by atoms with Crippen molar-refractivity contribution in [2.45, 2.75) is 112 Å². The molecule has 9 atom stereocenters. The molecule has 0 aromatic heterocycles. The highest BCUT2D eigenvalue weighted by atomic mass is 16.3. The van der Waals surface area contributed by atoms with Crippen LogP contribution in [0.15, 0.2) is 11.6 Å². The van der Waals surface area contributed by atoms with Gasteiger partial charge in [-0.3, -0.25) is 0 Å². The second-order valence-corrected chi connectivity index (χ2v) is 12.7. The summed E-state index contributed by atoms with van der Waals surface area (Å²) >= 11 is 0. The number of hydrogen-bond acceptors (Lipinski definition) is 1. The second kappa shape index (κ2) is 7.99. The monoisotopic (exact) mass is 400 g/mol. The van der Waals surface area contributed by atoms with Crippen LogP contribution >= 0.6 is 0 Å². The number of rotatable bonds is 5. The predicted octanol–water partition coefficient (Wildman–Crippen LogP) is 7.63. The van der Waals surface area contributed by atoms with Gasteiger partial charge in [-0.05, 0) is 97.2 Å². The van der Waals surface area contributed by atoms with Gasteiger partial charge in [-0.25, -0.2) is 0 Å². The van der Waals surface area contributed by atoms with E-state index in [4.69, 9.17) is 0 Å². The van der Waals surface area contributed by atoms with E-state index in [1.54, 1.807) is 0 Å². The molecule has 1 heteroatoms. The van der Waals surface area contributed by atoms with Gasteiger partial charge in [-0.1, -0.05) is 72.5 Å². The number of aliphatic hydroxyl groups is 1. The Bertz CT molecular complexity index is 620. The molecule has 0 bridgehead atoms. The van der Waals surface area contributed by atoms with Gasteiger partial charge in [-0.2, -0.15) is 0 Å². The third-order valence-corrected chi connectivity index (χ3v) is 10.8. The van der Waals surface area contributed by atoms with Gasteiger partial charge in [0.1, 0.15) is 0 Å². The molecule has 166 valence electrons. The van der Waals surface area contributed by atoms with Crippen molar-refractivity contribution in [2.24, 2.45) is 52.3 Å². The van der Waals surface area contributed by atoms with Crippen molar-refractivity contribution in [1.82, 2.24) is 0 Å². The van der Waals surface area contributed by atoms with Crippen LogP contribution in [0.1, 0.15) is 106 Å². The Morgan fingerprint density at radius 1 is 0.966 bits per heavy atom. The van der Waals surface area contributed by atoms with Crippen LogP contribution in [0.5, 0.6) is 0 Å². The topological polar surface area (TPSA) is 20.2 Å². The van der Waals surface area contributed by atoms with Crippen LogP contribution in [0.3, 0.4) is 0 Å². The van der Waals surface area contributed by atoms with Crippen molar-refractivity contribution < 1.29 is 5.11 Å². The standard InChI is InChI=1S/C28H48O/c1-18(2)8-7-9-19(3)22-12-13-24-21-10-11-23-20(4)26(29)15-17-28(23,6)25(21)14-16-27(22,24)5/h10,18-20,22-26,29H,7-9,11-17H2,1-6H3/t19-,20?,22-,23+,24+,25+,26+,27-,28+/m1/s1. The summed E-state index contributed by atoms with van der Waals surface area (Å²) < 4.78 is 0. The van der Waals surface area contributed by atoms with E-state index in [0.29, 0.717) is 22.7 Å². The van der Waals surface area contributed by atoms with Gasteiger partial charge in [0.15, 0.2) is 0 Å². The number of fused-ring (bicyclic) bond motifs is 5. The average molecular weight is 401 g/mol. The van der Waals surface area contributed by atoms with Crippen LogP contribution in [0.4, 0.5) is 0 Å². The predicted molar refractivity (Wildman–Crippen MR) is 124 cm³/mol. The van der Waals surface area contributed by atoms with E-state index in [-0.39, 0.29) is 6.10 Å². The quantitative estimate of drug-likeness (QED) is 0.470. The van der Waals surface area contributed by atoms with E-state index in [1.807, 2.05) is 5.57 Å².